The van der Waals surface area contributed by atoms with Crippen LogP contribution in [0.4, 0.5) is 0 Å². The number of aromatic hydroxyl groups is 1. The zero-order valence-corrected chi connectivity index (χ0v) is 9.61. The number of hydrogen-bond acceptors (Lipinski definition) is 4. The molecule has 1 heterocycles. The number of phenolic OH excluding ortho intramolecular Hbond substituents is 1. The molecule has 3 N–H and O–H groups in total. The van der Waals surface area contributed by atoms with E-state index in [0.717, 1.165) is 0 Å². The number of nitrogens with one attached hydrogen (secondary N) is 2. The summed E-state index contributed by atoms with van der Waals surface area (Å²) in [6.45, 7) is 0.107. The second-order valence-corrected chi connectivity index (χ2v) is 5.15. The number of H-pyrrole nitrogens is 1. The molecule has 17 heavy (non-hydrogen) atoms. The molecule has 2 aromatic rings. The first kappa shape index (κ1) is 11.6. The summed E-state index contributed by atoms with van der Waals surface area (Å²) in [6.07, 6.45) is 2.52. The number of sulfonamides is 1. The van der Waals surface area contributed by atoms with E-state index in [-0.39, 0.29) is 17.3 Å². The minimum atomic E-state index is -3.58. The molecule has 1 aromatic heterocycles. The van der Waals surface area contributed by atoms with Gasteiger partial charge in [-0.1, -0.05) is 12.1 Å². The van der Waals surface area contributed by atoms with E-state index < -0.39 is 10.0 Å². The first-order valence-electron chi connectivity index (χ1n) is 4.84. The molecule has 6 nitrogen and oxygen atoms in total. The lowest BCUT2D eigenvalue weighted by Gasteiger charge is -2.04. The molecule has 0 bridgehead atoms. The number of hydrogen-bond donors (Lipinski definition) is 3. The minimum Gasteiger partial charge on any atom is -0.508 e. The van der Waals surface area contributed by atoms with Crippen molar-refractivity contribution in [1.29, 1.82) is 0 Å². The van der Waals surface area contributed by atoms with Gasteiger partial charge in [0.15, 0.2) is 5.03 Å². The molecule has 1 aromatic carbocycles. The average Bonchev–Trinajstić information content (AvgIpc) is 2.81. The van der Waals surface area contributed by atoms with Crippen LogP contribution in [0.25, 0.3) is 0 Å². The summed E-state index contributed by atoms with van der Waals surface area (Å²) in [6, 6.07) is 6.38. The van der Waals surface area contributed by atoms with Gasteiger partial charge in [-0.05, 0) is 17.7 Å². The Kier molecular flexibility index (Phi) is 3.12. The van der Waals surface area contributed by atoms with Crippen molar-refractivity contribution in [1.82, 2.24) is 14.7 Å². The summed E-state index contributed by atoms with van der Waals surface area (Å²) < 4.78 is 25.8. The van der Waals surface area contributed by atoms with Crippen LogP contribution < -0.4 is 4.72 Å². The fraction of sp³-hybridized carbons (Fsp3) is 0.100. The molecule has 0 atom stereocenters. The van der Waals surface area contributed by atoms with Crippen LogP contribution in [-0.2, 0) is 16.6 Å². The summed E-state index contributed by atoms with van der Waals surface area (Å²) in [5, 5.41) is 9.24. The van der Waals surface area contributed by atoms with E-state index >= 15 is 0 Å². The molecule has 0 aliphatic rings. The third-order valence-electron chi connectivity index (χ3n) is 2.14. The van der Waals surface area contributed by atoms with Gasteiger partial charge in [0.25, 0.3) is 10.0 Å². The second kappa shape index (κ2) is 4.56. The molecule has 0 amide bonds. The molecule has 0 saturated carbocycles. The van der Waals surface area contributed by atoms with Crippen molar-refractivity contribution in [2.75, 3.05) is 0 Å². The molecule has 0 spiro atoms. The minimum absolute atomic E-state index is 0.0117. The lowest BCUT2D eigenvalue weighted by molar-refractivity contribution is 0.474. The third-order valence-corrected chi connectivity index (χ3v) is 3.47. The normalized spacial score (nSPS) is 11.5. The number of nitrogens with zero attached hydrogens (tertiary/aromatic N) is 1. The molecule has 0 fully saturated rings. The number of rotatable bonds is 4. The Hall–Kier alpha value is -1.86. The fourth-order valence-corrected chi connectivity index (χ4v) is 2.23. The van der Waals surface area contributed by atoms with E-state index in [0.29, 0.717) is 5.56 Å². The standard InChI is InChI=1S/C10H11N3O3S/c14-9-3-1-2-8(4-9)5-13-17(15,16)10-6-11-7-12-10/h1-4,6-7,13-14H,5H2,(H,11,12). The van der Waals surface area contributed by atoms with Gasteiger partial charge >= 0.3 is 0 Å². The molecule has 0 aliphatic carbocycles. The highest BCUT2D eigenvalue weighted by Gasteiger charge is 2.14. The molecule has 0 saturated heterocycles. The van der Waals surface area contributed by atoms with Crippen molar-refractivity contribution in [3.05, 3.63) is 42.4 Å². The first-order valence-corrected chi connectivity index (χ1v) is 6.32. The van der Waals surface area contributed by atoms with Crippen LogP contribution in [0.15, 0.2) is 41.8 Å². The summed E-state index contributed by atoms with van der Waals surface area (Å²) in [5.41, 5.74) is 0.674. The molecule has 0 radical (unpaired) electrons. The van der Waals surface area contributed by atoms with Crippen molar-refractivity contribution in [3.63, 3.8) is 0 Å². The van der Waals surface area contributed by atoms with Gasteiger partial charge in [-0.3, -0.25) is 0 Å². The van der Waals surface area contributed by atoms with E-state index in [2.05, 4.69) is 14.7 Å². The zero-order chi connectivity index (χ0) is 12.3. The summed E-state index contributed by atoms with van der Waals surface area (Å²) in [5.74, 6) is 0.100. The number of phenols is 1. The van der Waals surface area contributed by atoms with E-state index in [1.807, 2.05) is 0 Å². The van der Waals surface area contributed by atoms with Crippen LogP contribution in [0.5, 0.6) is 5.75 Å². The maximum atomic E-state index is 11.7. The molecule has 90 valence electrons. The van der Waals surface area contributed by atoms with Gasteiger partial charge in [0.05, 0.1) is 12.5 Å². The maximum Gasteiger partial charge on any atom is 0.257 e. The van der Waals surface area contributed by atoms with E-state index in [1.165, 1.54) is 24.7 Å². The first-order chi connectivity index (χ1) is 8.08. The van der Waals surface area contributed by atoms with Crippen LogP contribution in [0.1, 0.15) is 5.56 Å². The van der Waals surface area contributed by atoms with Gasteiger partial charge in [-0.25, -0.2) is 18.1 Å². The average molecular weight is 253 g/mol. The van der Waals surface area contributed by atoms with Crippen molar-refractivity contribution in [2.24, 2.45) is 0 Å². The Morgan fingerprint density at radius 2 is 2.24 bits per heavy atom. The van der Waals surface area contributed by atoms with E-state index in [1.54, 1.807) is 12.1 Å². The summed E-state index contributed by atoms with van der Waals surface area (Å²) >= 11 is 0. The smallest absolute Gasteiger partial charge is 0.257 e. The predicted molar refractivity (Wildman–Crippen MR) is 60.7 cm³/mol. The number of imidazole rings is 1. The third kappa shape index (κ3) is 2.83. The Bertz CT molecular complexity index is 593. The molecule has 7 heteroatoms. The highest BCUT2D eigenvalue weighted by molar-refractivity contribution is 7.89. The van der Waals surface area contributed by atoms with Gasteiger partial charge in [0, 0.05) is 6.54 Å². The number of benzene rings is 1. The molecule has 0 aliphatic heterocycles. The van der Waals surface area contributed by atoms with Crippen molar-refractivity contribution < 1.29 is 13.5 Å². The van der Waals surface area contributed by atoms with Crippen LogP contribution >= 0.6 is 0 Å². The van der Waals surface area contributed by atoms with Gasteiger partial charge in [-0.15, -0.1) is 0 Å². The molecular formula is C10H11N3O3S. The van der Waals surface area contributed by atoms with Crippen LogP contribution in [0, 0.1) is 0 Å². The molecule has 2 rings (SSSR count). The van der Waals surface area contributed by atoms with Crippen molar-refractivity contribution >= 4 is 10.0 Å². The van der Waals surface area contributed by atoms with Crippen molar-refractivity contribution in [3.8, 4) is 5.75 Å². The van der Waals surface area contributed by atoms with E-state index in [4.69, 9.17) is 0 Å². The monoisotopic (exact) mass is 253 g/mol. The van der Waals surface area contributed by atoms with Gasteiger partial charge in [-0.2, -0.15) is 0 Å². The quantitative estimate of drug-likeness (QED) is 0.743. The van der Waals surface area contributed by atoms with Gasteiger partial charge in [0.1, 0.15) is 5.75 Å². The number of aromatic amines is 1. The Labute approximate surface area is 98.4 Å². The number of aromatic nitrogens is 2. The zero-order valence-electron chi connectivity index (χ0n) is 8.79. The molecular weight excluding hydrogens is 242 g/mol. The highest BCUT2D eigenvalue weighted by Crippen LogP contribution is 2.11. The SMILES string of the molecule is O=S(=O)(NCc1cccc(O)c1)c1cnc[nH]1. The second-order valence-electron chi connectivity index (χ2n) is 3.41. The van der Waals surface area contributed by atoms with Gasteiger partial charge in [0.2, 0.25) is 0 Å². The van der Waals surface area contributed by atoms with Crippen LogP contribution in [0.2, 0.25) is 0 Å². The predicted octanol–water partition coefficient (Wildman–Crippen LogP) is 0.594. The lowest BCUT2D eigenvalue weighted by atomic mass is 10.2. The van der Waals surface area contributed by atoms with E-state index in [9.17, 15) is 13.5 Å². The topological polar surface area (TPSA) is 95.1 Å². The summed E-state index contributed by atoms with van der Waals surface area (Å²) in [4.78, 5) is 6.16. The summed E-state index contributed by atoms with van der Waals surface area (Å²) in [7, 11) is -3.58. The highest BCUT2D eigenvalue weighted by atomic mass is 32.2. The Balaban J connectivity index is 2.08. The Morgan fingerprint density at radius 3 is 2.88 bits per heavy atom. The Morgan fingerprint density at radius 1 is 1.41 bits per heavy atom. The van der Waals surface area contributed by atoms with Crippen molar-refractivity contribution in [2.45, 2.75) is 11.6 Å². The largest absolute Gasteiger partial charge is 0.508 e. The molecule has 0 unspecified atom stereocenters. The lowest BCUT2D eigenvalue weighted by Crippen LogP contribution is -2.23. The fourth-order valence-electron chi connectivity index (χ4n) is 1.31. The van der Waals surface area contributed by atoms with Crippen LogP contribution in [-0.4, -0.2) is 23.5 Å². The maximum absolute atomic E-state index is 11.7. The van der Waals surface area contributed by atoms with Gasteiger partial charge < -0.3 is 10.1 Å². The van der Waals surface area contributed by atoms with Crippen LogP contribution in [0.3, 0.4) is 0 Å².